The second kappa shape index (κ2) is 9.95. The normalized spacial score (nSPS) is 12.4. The summed E-state index contributed by atoms with van der Waals surface area (Å²) in [7, 11) is 0. The molecule has 4 heteroatoms. The van der Waals surface area contributed by atoms with Crippen LogP contribution in [0.4, 0.5) is 0 Å². The number of aliphatic hydroxyl groups is 1. The summed E-state index contributed by atoms with van der Waals surface area (Å²) in [5.41, 5.74) is 3.41. The van der Waals surface area contributed by atoms with Gasteiger partial charge in [-0.15, -0.1) is 0 Å². The van der Waals surface area contributed by atoms with Gasteiger partial charge < -0.3 is 10.0 Å². The van der Waals surface area contributed by atoms with Gasteiger partial charge in [0.2, 0.25) is 0 Å². The van der Waals surface area contributed by atoms with Crippen LogP contribution < -0.4 is 0 Å². The molecule has 0 bridgehead atoms. The van der Waals surface area contributed by atoms with Crippen molar-refractivity contribution in [1.29, 1.82) is 0 Å². The molecule has 1 N–H and O–H groups in total. The fraction of sp³-hybridized carbons (Fsp3) is 0.474. The van der Waals surface area contributed by atoms with Crippen LogP contribution in [0.25, 0.3) is 5.57 Å². The molecule has 0 atom stereocenters. The molecule has 0 aliphatic carbocycles. The molecular weight excluding hydrogens is 288 g/mol. The second-order valence-corrected chi connectivity index (χ2v) is 5.62. The minimum atomic E-state index is 0.000582. The summed E-state index contributed by atoms with van der Waals surface area (Å²) >= 11 is 0. The molecule has 23 heavy (non-hydrogen) atoms. The van der Waals surface area contributed by atoms with E-state index in [0.29, 0.717) is 12.3 Å². The van der Waals surface area contributed by atoms with Crippen LogP contribution in [-0.2, 0) is 11.4 Å². The van der Waals surface area contributed by atoms with Gasteiger partial charge in [-0.05, 0) is 43.9 Å². The Balaban J connectivity index is 2.80. The summed E-state index contributed by atoms with van der Waals surface area (Å²) in [6.07, 6.45) is 3.82. The van der Waals surface area contributed by atoms with Crippen LogP contribution in [0.3, 0.4) is 0 Å². The number of unbranched alkanes of at least 4 members (excludes halogenated alkanes) is 1. The van der Waals surface area contributed by atoms with Crippen molar-refractivity contribution in [2.75, 3.05) is 13.1 Å². The molecule has 1 aromatic rings. The number of carbonyl (C=O) groups excluding carboxylic acids is 1. The van der Waals surface area contributed by atoms with E-state index >= 15 is 0 Å². The molecule has 1 rings (SSSR count). The first-order valence-electron chi connectivity index (χ1n) is 8.24. The Morgan fingerprint density at radius 1 is 1.22 bits per heavy atom. The van der Waals surface area contributed by atoms with Gasteiger partial charge >= 0.3 is 0 Å². The zero-order chi connectivity index (χ0) is 17.2. The lowest BCUT2D eigenvalue weighted by Gasteiger charge is -2.20. The fourth-order valence-corrected chi connectivity index (χ4v) is 2.18. The number of amides is 1. The van der Waals surface area contributed by atoms with Crippen molar-refractivity contribution in [1.82, 2.24) is 4.90 Å². The Morgan fingerprint density at radius 3 is 2.39 bits per heavy atom. The summed E-state index contributed by atoms with van der Waals surface area (Å²) in [6, 6.07) is 7.67. The van der Waals surface area contributed by atoms with Crippen LogP contribution in [-0.4, -0.2) is 34.7 Å². The van der Waals surface area contributed by atoms with Crippen LogP contribution in [0.5, 0.6) is 0 Å². The first-order valence-corrected chi connectivity index (χ1v) is 8.24. The van der Waals surface area contributed by atoms with E-state index in [2.05, 4.69) is 11.9 Å². The number of hydrogen-bond acceptors (Lipinski definition) is 3. The number of aliphatic hydroxyl groups excluding tert-OH is 1. The molecule has 0 aliphatic heterocycles. The lowest BCUT2D eigenvalue weighted by Crippen LogP contribution is -2.36. The Hall–Kier alpha value is -1.94. The summed E-state index contributed by atoms with van der Waals surface area (Å²) in [6.45, 7) is 9.36. The largest absolute Gasteiger partial charge is 0.392 e. The SMILES string of the molecule is CCCCN(CC)C(=O)C(C)=N/C=C(\C)c1ccc(CO)cc1. The number of carbonyl (C=O) groups is 1. The molecule has 0 heterocycles. The van der Waals surface area contributed by atoms with Gasteiger partial charge in [0, 0.05) is 19.3 Å². The quantitative estimate of drug-likeness (QED) is 0.744. The van der Waals surface area contributed by atoms with E-state index in [1.165, 1.54) is 0 Å². The minimum absolute atomic E-state index is 0.000582. The van der Waals surface area contributed by atoms with Gasteiger partial charge in [-0.2, -0.15) is 0 Å². The molecule has 1 amide bonds. The number of aliphatic imine (C=N–C) groups is 1. The third kappa shape index (κ3) is 5.99. The standard InChI is InChI=1S/C19H28N2O2/c1-5-7-12-21(6-2)19(23)16(4)20-13-15(3)18-10-8-17(14-22)9-11-18/h8-11,13,22H,5-7,12,14H2,1-4H3/b15-13+,20-16?. The highest BCUT2D eigenvalue weighted by Gasteiger charge is 2.13. The number of allylic oxidation sites excluding steroid dienone is 1. The molecule has 0 unspecified atom stereocenters. The molecule has 0 saturated carbocycles. The molecule has 4 nitrogen and oxygen atoms in total. The lowest BCUT2D eigenvalue weighted by atomic mass is 10.1. The first kappa shape index (κ1) is 19.1. The minimum Gasteiger partial charge on any atom is -0.392 e. The molecular formula is C19H28N2O2. The smallest absolute Gasteiger partial charge is 0.267 e. The predicted molar refractivity (Wildman–Crippen MR) is 96.3 cm³/mol. The van der Waals surface area contributed by atoms with Crippen LogP contribution in [0.1, 0.15) is 51.7 Å². The second-order valence-electron chi connectivity index (χ2n) is 5.62. The van der Waals surface area contributed by atoms with E-state index in [0.717, 1.165) is 36.1 Å². The Kier molecular flexibility index (Phi) is 8.27. The van der Waals surface area contributed by atoms with E-state index in [-0.39, 0.29) is 12.5 Å². The van der Waals surface area contributed by atoms with E-state index in [9.17, 15) is 4.79 Å². The number of nitrogens with zero attached hydrogens (tertiary/aromatic N) is 2. The molecule has 0 saturated heterocycles. The van der Waals surface area contributed by atoms with Crippen LogP contribution in [0.2, 0.25) is 0 Å². The maximum absolute atomic E-state index is 12.4. The van der Waals surface area contributed by atoms with Gasteiger partial charge in [0.15, 0.2) is 0 Å². The van der Waals surface area contributed by atoms with Gasteiger partial charge in [0.1, 0.15) is 5.71 Å². The number of hydrogen-bond donors (Lipinski definition) is 1. The molecule has 1 aromatic carbocycles. The zero-order valence-corrected chi connectivity index (χ0v) is 14.7. The molecule has 126 valence electrons. The molecule has 0 aliphatic rings. The number of benzene rings is 1. The van der Waals surface area contributed by atoms with Crippen molar-refractivity contribution in [3.8, 4) is 0 Å². The van der Waals surface area contributed by atoms with Gasteiger partial charge in [-0.25, -0.2) is 0 Å². The summed E-state index contributed by atoms with van der Waals surface area (Å²) in [4.78, 5) is 18.5. The average molecular weight is 316 g/mol. The van der Waals surface area contributed by atoms with E-state index in [1.54, 1.807) is 13.1 Å². The van der Waals surface area contributed by atoms with E-state index < -0.39 is 0 Å². The van der Waals surface area contributed by atoms with E-state index in [1.807, 2.05) is 43.0 Å². The highest BCUT2D eigenvalue weighted by Crippen LogP contribution is 2.15. The fourth-order valence-electron chi connectivity index (χ4n) is 2.18. The van der Waals surface area contributed by atoms with Gasteiger partial charge in [0.05, 0.1) is 6.61 Å². The van der Waals surface area contributed by atoms with Crippen molar-refractivity contribution in [3.63, 3.8) is 0 Å². The van der Waals surface area contributed by atoms with Crippen molar-refractivity contribution >= 4 is 17.2 Å². The highest BCUT2D eigenvalue weighted by atomic mass is 16.3. The Labute approximate surface area is 139 Å². The molecule has 0 radical (unpaired) electrons. The van der Waals surface area contributed by atoms with Crippen molar-refractivity contribution in [3.05, 3.63) is 41.6 Å². The third-order valence-corrected chi connectivity index (χ3v) is 3.80. The predicted octanol–water partition coefficient (Wildman–Crippen LogP) is 3.65. The van der Waals surface area contributed by atoms with Crippen molar-refractivity contribution in [2.45, 2.75) is 47.1 Å². The van der Waals surface area contributed by atoms with Gasteiger partial charge in [-0.1, -0.05) is 37.6 Å². The first-order chi connectivity index (χ1) is 11.0. The molecule has 0 aromatic heterocycles. The van der Waals surface area contributed by atoms with Crippen molar-refractivity contribution < 1.29 is 9.90 Å². The van der Waals surface area contributed by atoms with Crippen LogP contribution in [0, 0.1) is 0 Å². The lowest BCUT2D eigenvalue weighted by molar-refractivity contribution is -0.124. The monoisotopic (exact) mass is 316 g/mol. The van der Waals surface area contributed by atoms with Crippen LogP contribution >= 0.6 is 0 Å². The van der Waals surface area contributed by atoms with Crippen molar-refractivity contribution in [2.24, 2.45) is 4.99 Å². The summed E-state index contributed by atoms with van der Waals surface area (Å²) in [5.74, 6) is 0.000582. The molecule has 0 spiro atoms. The maximum atomic E-state index is 12.4. The Bertz CT molecular complexity index is 559. The zero-order valence-electron chi connectivity index (χ0n) is 14.7. The van der Waals surface area contributed by atoms with Crippen LogP contribution in [0.15, 0.2) is 35.5 Å². The van der Waals surface area contributed by atoms with Gasteiger partial charge in [-0.3, -0.25) is 9.79 Å². The topological polar surface area (TPSA) is 52.9 Å². The highest BCUT2D eigenvalue weighted by molar-refractivity contribution is 6.38. The Morgan fingerprint density at radius 2 is 1.87 bits per heavy atom. The third-order valence-electron chi connectivity index (χ3n) is 3.80. The summed E-state index contributed by atoms with van der Waals surface area (Å²) in [5, 5.41) is 9.06. The maximum Gasteiger partial charge on any atom is 0.267 e. The summed E-state index contributed by atoms with van der Waals surface area (Å²) < 4.78 is 0. The average Bonchev–Trinajstić information content (AvgIpc) is 2.59. The molecule has 0 fully saturated rings. The number of rotatable bonds is 8. The van der Waals surface area contributed by atoms with E-state index in [4.69, 9.17) is 5.11 Å². The van der Waals surface area contributed by atoms with Gasteiger partial charge in [0.25, 0.3) is 5.91 Å².